The van der Waals surface area contributed by atoms with Crippen LogP contribution in [0.4, 0.5) is 0 Å². The van der Waals surface area contributed by atoms with Gasteiger partial charge in [-0.25, -0.2) is 0 Å². The van der Waals surface area contributed by atoms with Crippen LogP contribution in [0.1, 0.15) is 33.6 Å². The van der Waals surface area contributed by atoms with Gasteiger partial charge < -0.3 is 10.6 Å². The predicted molar refractivity (Wildman–Crippen MR) is 66.0 cm³/mol. The van der Waals surface area contributed by atoms with Crippen LogP contribution < -0.4 is 5.73 Å². The summed E-state index contributed by atoms with van der Waals surface area (Å²) in [6, 6.07) is 0.0203. The average Bonchev–Trinajstić information content (AvgIpc) is 2.21. The summed E-state index contributed by atoms with van der Waals surface area (Å²) in [5, 5.41) is 0.525. The maximum atomic E-state index is 12.0. The molecule has 3 nitrogen and oxygen atoms in total. The third-order valence-corrected chi connectivity index (χ3v) is 4.42. The Balaban J connectivity index is 2.57. The molecule has 0 spiro atoms. The van der Waals surface area contributed by atoms with Crippen molar-refractivity contribution in [1.82, 2.24) is 4.90 Å². The smallest absolute Gasteiger partial charge is 0.239 e. The molecule has 0 aromatic carbocycles. The van der Waals surface area contributed by atoms with E-state index in [1.807, 2.05) is 16.7 Å². The number of nitrogens with zero attached hydrogens (tertiary/aromatic N) is 1. The van der Waals surface area contributed by atoms with Crippen LogP contribution in [0, 0.1) is 0 Å². The van der Waals surface area contributed by atoms with Crippen LogP contribution in [-0.2, 0) is 4.79 Å². The van der Waals surface area contributed by atoms with Gasteiger partial charge in [0.15, 0.2) is 0 Å². The van der Waals surface area contributed by atoms with Crippen molar-refractivity contribution in [2.45, 2.75) is 50.9 Å². The summed E-state index contributed by atoms with van der Waals surface area (Å²) in [6.45, 7) is 7.21. The van der Waals surface area contributed by atoms with E-state index in [2.05, 4.69) is 20.8 Å². The van der Waals surface area contributed by atoms with Gasteiger partial charge >= 0.3 is 0 Å². The summed E-state index contributed by atoms with van der Waals surface area (Å²) < 4.78 is 0. The minimum Gasteiger partial charge on any atom is -0.337 e. The Morgan fingerprint density at radius 2 is 2.27 bits per heavy atom. The number of rotatable bonds is 3. The number of nitrogens with two attached hydrogens (primary N) is 1. The summed E-state index contributed by atoms with van der Waals surface area (Å²) in [5.41, 5.74) is 5.87. The van der Waals surface area contributed by atoms with Gasteiger partial charge in [-0.15, -0.1) is 0 Å². The van der Waals surface area contributed by atoms with Gasteiger partial charge in [-0.1, -0.05) is 20.3 Å². The highest BCUT2D eigenvalue weighted by Crippen LogP contribution is 2.24. The molecule has 0 saturated carbocycles. The van der Waals surface area contributed by atoms with Crippen LogP contribution >= 0.6 is 11.8 Å². The van der Waals surface area contributed by atoms with Crippen molar-refractivity contribution in [3.05, 3.63) is 0 Å². The fourth-order valence-corrected chi connectivity index (χ4v) is 2.99. The fraction of sp³-hybridized carbons (Fsp3) is 0.909. The number of hydrogen-bond donors (Lipinski definition) is 1. The molecule has 0 radical (unpaired) electrons. The lowest BCUT2D eigenvalue weighted by molar-refractivity contribution is -0.134. The molecular formula is C11H22N2OS. The molecule has 0 bridgehead atoms. The topological polar surface area (TPSA) is 46.3 Å². The molecule has 15 heavy (non-hydrogen) atoms. The second-order valence-corrected chi connectivity index (χ2v) is 5.73. The van der Waals surface area contributed by atoms with Crippen molar-refractivity contribution in [2.24, 2.45) is 5.73 Å². The van der Waals surface area contributed by atoms with Gasteiger partial charge in [0.2, 0.25) is 5.91 Å². The first kappa shape index (κ1) is 12.8. The molecular weight excluding hydrogens is 208 g/mol. The highest BCUT2D eigenvalue weighted by molar-refractivity contribution is 8.00. The molecule has 1 fully saturated rings. The predicted octanol–water partition coefficient (Wildman–Crippen LogP) is 1.47. The Bertz CT molecular complexity index is 223. The number of hydrogen-bond acceptors (Lipinski definition) is 3. The number of carbonyl (C=O) groups excluding carboxylic acids is 1. The SMILES string of the molecule is CCC[C@@H](N)C(=O)N1CCSC(C)C1C. The van der Waals surface area contributed by atoms with E-state index in [0.29, 0.717) is 11.3 Å². The van der Waals surface area contributed by atoms with Crippen LogP contribution in [-0.4, -0.2) is 40.4 Å². The number of amides is 1. The largest absolute Gasteiger partial charge is 0.337 e. The van der Waals surface area contributed by atoms with Crippen LogP contribution in [0.3, 0.4) is 0 Å². The minimum atomic E-state index is -0.298. The normalized spacial score (nSPS) is 28.9. The van der Waals surface area contributed by atoms with Gasteiger partial charge in [0, 0.05) is 23.6 Å². The van der Waals surface area contributed by atoms with Gasteiger partial charge in [0.25, 0.3) is 0 Å². The van der Waals surface area contributed by atoms with Gasteiger partial charge in [-0.2, -0.15) is 11.8 Å². The van der Waals surface area contributed by atoms with E-state index in [4.69, 9.17) is 5.73 Å². The highest BCUT2D eigenvalue weighted by atomic mass is 32.2. The molecule has 0 aliphatic carbocycles. The third kappa shape index (κ3) is 3.11. The van der Waals surface area contributed by atoms with Crippen molar-refractivity contribution in [3.63, 3.8) is 0 Å². The van der Waals surface area contributed by atoms with Gasteiger partial charge in [-0.05, 0) is 13.3 Å². The summed E-state index contributed by atoms with van der Waals surface area (Å²) in [6.07, 6.45) is 1.77. The lowest BCUT2D eigenvalue weighted by atomic mass is 10.1. The molecule has 3 atom stereocenters. The molecule has 2 unspecified atom stereocenters. The van der Waals surface area contributed by atoms with E-state index in [-0.39, 0.29) is 11.9 Å². The zero-order chi connectivity index (χ0) is 11.4. The summed E-state index contributed by atoms with van der Waals surface area (Å²) in [4.78, 5) is 14.0. The van der Waals surface area contributed by atoms with Crippen molar-refractivity contribution in [2.75, 3.05) is 12.3 Å². The molecule has 0 aromatic rings. The second kappa shape index (κ2) is 5.75. The van der Waals surface area contributed by atoms with E-state index in [1.54, 1.807) is 0 Å². The zero-order valence-electron chi connectivity index (χ0n) is 9.90. The average molecular weight is 230 g/mol. The molecule has 2 N–H and O–H groups in total. The molecule has 4 heteroatoms. The molecule has 0 aromatic heterocycles. The Hall–Kier alpha value is -0.220. The third-order valence-electron chi connectivity index (χ3n) is 3.08. The van der Waals surface area contributed by atoms with Crippen molar-refractivity contribution < 1.29 is 4.79 Å². The van der Waals surface area contributed by atoms with E-state index in [1.165, 1.54) is 0 Å². The van der Waals surface area contributed by atoms with Crippen LogP contribution in [0.2, 0.25) is 0 Å². The maximum Gasteiger partial charge on any atom is 0.239 e. The van der Waals surface area contributed by atoms with Crippen LogP contribution in [0.15, 0.2) is 0 Å². The van der Waals surface area contributed by atoms with Crippen molar-refractivity contribution in [3.8, 4) is 0 Å². The molecule has 1 rings (SSSR count). The van der Waals surface area contributed by atoms with E-state index in [0.717, 1.165) is 25.1 Å². The van der Waals surface area contributed by atoms with E-state index >= 15 is 0 Å². The quantitative estimate of drug-likeness (QED) is 0.798. The lowest BCUT2D eigenvalue weighted by Crippen LogP contribution is -2.53. The standard InChI is InChI=1S/C11H22N2OS/c1-4-5-10(12)11(14)13-6-7-15-9(3)8(13)2/h8-10H,4-7,12H2,1-3H3/t8?,9?,10-/m1/s1. The monoisotopic (exact) mass is 230 g/mol. The van der Waals surface area contributed by atoms with Crippen molar-refractivity contribution >= 4 is 17.7 Å². The minimum absolute atomic E-state index is 0.136. The first-order valence-electron chi connectivity index (χ1n) is 5.75. The summed E-state index contributed by atoms with van der Waals surface area (Å²) in [7, 11) is 0. The van der Waals surface area contributed by atoms with Crippen LogP contribution in [0.5, 0.6) is 0 Å². The Labute approximate surface area is 96.8 Å². The molecule has 1 aliphatic rings. The van der Waals surface area contributed by atoms with Gasteiger partial charge in [-0.3, -0.25) is 4.79 Å². The molecule has 1 amide bonds. The number of thioether (sulfide) groups is 1. The van der Waals surface area contributed by atoms with Gasteiger partial charge in [0.05, 0.1) is 6.04 Å². The lowest BCUT2D eigenvalue weighted by Gasteiger charge is -2.38. The van der Waals surface area contributed by atoms with E-state index < -0.39 is 0 Å². The maximum absolute atomic E-state index is 12.0. The Morgan fingerprint density at radius 1 is 1.60 bits per heavy atom. The van der Waals surface area contributed by atoms with Gasteiger partial charge in [0.1, 0.15) is 0 Å². The molecule has 88 valence electrons. The second-order valence-electron chi connectivity index (χ2n) is 4.24. The molecule has 1 saturated heterocycles. The molecule has 1 heterocycles. The fourth-order valence-electron chi connectivity index (χ4n) is 1.89. The van der Waals surface area contributed by atoms with Crippen LogP contribution in [0.25, 0.3) is 0 Å². The zero-order valence-corrected chi connectivity index (χ0v) is 10.7. The Kier molecular flexibility index (Phi) is 4.93. The number of carbonyl (C=O) groups is 1. The first-order valence-corrected chi connectivity index (χ1v) is 6.80. The van der Waals surface area contributed by atoms with E-state index in [9.17, 15) is 4.79 Å². The summed E-state index contributed by atoms with van der Waals surface area (Å²) in [5.74, 6) is 1.17. The first-order chi connectivity index (χ1) is 7.07. The Morgan fingerprint density at radius 3 is 2.87 bits per heavy atom. The summed E-state index contributed by atoms with van der Waals surface area (Å²) >= 11 is 1.94. The molecule has 1 aliphatic heterocycles. The highest BCUT2D eigenvalue weighted by Gasteiger charge is 2.30. The van der Waals surface area contributed by atoms with Crippen molar-refractivity contribution in [1.29, 1.82) is 0 Å².